The molecule has 0 bridgehead atoms. The van der Waals surface area contributed by atoms with Gasteiger partial charge in [0.15, 0.2) is 0 Å². The number of aryl methyl sites for hydroxylation is 1. The van der Waals surface area contributed by atoms with Crippen LogP contribution in [0.5, 0.6) is 0 Å². The molecule has 1 atom stereocenters. The Morgan fingerprint density at radius 3 is 2.92 bits per heavy atom. The molecule has 0 aliphatic heterocycles. The summed E-state index contributed by atoms with van der Waals surface area (Å²) in [5.41, 5.74) is 9.02. The first kappa shape index (κ1) is 15.8. The van der Waals surface area contributed by atoms with Gasteiger partial charge >= 0.3 is 0 Å². The molecule has 24 heavy (non-hydrogen) atoms. The summed E-state index contributed by atoms with van der Waals surface area (Å²) in [4.78, 5) is 4.29. The average molecular weight is 322 g/mol. The summed E-state index contributed by atoms with van der Waals surface area (Å²) in [6, 6.07) is 13.2. The average Bonchev–Trinajstić information content (AvgIpc) is 3.07. The maximum atomic E-state index is 13.4. The summed E-state index contributed by atoms with van der Waals surface area (Å²) >= 11 is 0. The van der Waals surface area contributed by atoms with Crippen LogP contribution in [0.25, 0.3) is 11.4 Å². The quantitative estimate of drug-likeness (QED) is 0.796. The molecule has 0 amide bonds. The molecule has 5 nitrogen and oxygen atoms in total. The Bertz CT molecular complexity index is 913. The minimum atomic E-state index is -0.506. The van der Waals surface area contributed by atoms with Gasteiger partial charge in [-0.25, -0.2) is 4.39 Å². The lowest BCUT2D eigenvalue weighted by Crippen LogP contribution is -2.13. The molecule has 6 heteroatoms. The van der Waals surface area contributed by atoms with Gasteiger partial charge in [0, 0.05) is 5.56 Å². The van der Waals surface area contributed by atoms with Crippen molar-refractivity contribution in [2.45, 2.75) is 19.4 Å². The first-order chi connectivity index (χ1) is 11.6. The summed E-state index contributed by atoms with van der Waals surface area (Å²) in [7, 11) is 0. The molecule has 120 valence electrons. The highest BCUT2D eigenvalue weighted by atomic mass is 19.1. The first-order valence-corrected chi connectivity index (χ1v) is 7.41. The zero-order valence-electron chi connectivity index (χ0n) is 13.0. The molecule has 3 aromatic rings. The molecule has 0 aliphatic rings. The number of hydrogen-bond donors (Lipinski definition) is 1. The van der Waals surface area contributed by atoms with Crippen LogP contribution in [0.3, 0.4) is 0 Å². The molecule has 2 aromatic carbocycles. The van der Waals surface area contributed by atoms with Crippen LogP contribution in [0, 0.1) is 24.1 Å². The second-order valence-corrected chi connectivity index (χ2v) is 5.54. The topological polar surface area (TPSA) is 88.7 Å². The van der Waals surface area contributed by atoms with Crippen molar-refractivity contribution in [3.8, 4) is 17.5 Å². The van der Waals surface area contributed by atoms with Gasteiger partial charge in [0.1, 0.15) is 5.82 Å². The van der Waals surface area contributed by atoms with E-state index >= 15 is 0 Å². The van der Waals surface area contributed by atoms with Crippen LogP contribution in [0.1, 0.15) is 28.6 Å². The summed E-state index contributed by atoms with van der Waals surface area (Å²) in [6.45, 7) is 1.85. The lowest BCUT2D eigenvalue weighted by molar-refractivity contribution is 0.354. The monoisotopic (exact) mass is 322 g/mol. The largest absolute Gasteiger partial charge is 0.337 e. The van der Waals surface area contributed by atoms with E-state index in [-0.39, 0.29) is 11.7 Å². The van der Waals surface area contributed by atoms with E-state index < -0.39 is 6.04 Å². The number of nitrogens with two attached hydrogens (primary N) is 1. The molecule has 0 spiro atoms. The van der Waals surface area contributed by atoms with Gasteiger partial charge in [-0.15, -0.1) is 0 Å². The first-order valence-electron chi connectivity index (χ1n) is 7.41. The Labute approximate surface area is 138 Å². The Morgan fingerprint density at radius 2 is 2.12 bits per heavy atom. The number of benzene rings is 2. The summed E-state index contributed by atoms with van der Waals surface area (Å²) in [6.07, 6.45) is 0.458. The van der Waals surface area contributed by atoms with Crippen LogP contribution in [0.4, 0.5) is 4.39 Å². The SMILES string of the molecule is Cc1ccc(F)cc1-c1noc(C(N)Cc2cccc(C#N)c2)n1. The smallest absolute Gasteiger partial charge is 0.244 e. The van der Waals surface area contributed by atoms with E-state index in [0.717, 1.165) is 11.1 Å². The van der Waals surface area contributed by atoms with Gasteiger partial charge in [0.05, 0.1) is 17.7 Å². The zero-order chi connectivity index (χ0) is 17.1. The molecule has 0 saturated heterocycles. The van der Waals surface area contributed by atoms with Crippen LogP contribution in [0.15, 0.2) is 47.0 Å². The van der Waals surface area contributed by atoms with Crippen molar-refractivity contribution in [3.63, 3.8) is 0 Å². The highest BCUT2D eigenvalue weighted by molar-refractivity contribution is 5.59. The fourth-order valence-corrected chi connectivity index (χ4v) is 2.44. The number of halogens is 1. The molecule has 0 aliphatic carbocycles. The minimum absolute atomic E-state index is 0.274. The minimum Gasteiger partial charge on any atom is -0.337 e. The molecular weight excluding hydrogens is 307 g/mol. The lowest BCUT2D eigenvalue weighted by Gasteiger charge is -2.06. The van der Waals surface area contributed by atoms with Crippen LogP contribution in [-0.2, 0) is 6.42 Å². The molecule has 3 rings (SSSR count). The van der Waals surface area contributed by atoms with Gasteiger partial charge in [-0.3, -0.25) is 0 Å². The van der Waals surface area contributed by atoms with Crippen molar-refractivity contribution in [3.05, 3.63) is 70.9 Å². The van der Waals surface area contributed by atoms with Crippen molar-refractivity contribution in [2.75, 3.05) is 0 Å². The lowest BCUT2D eigenvalue weighted by atomic mass is 10.0. The molecular formula is C18H15FN4O. The number of hydrogen-bond acceptors (Lipinski definition) is 5. The van der Waals surface area contributed by atoms with Gasteiger partial charge in [-0.2, -0.15) is 10.2 Å². The zero-order valence-corrected chi connectivity index (χ0v) is 13.0. The normalized spacial score (nSPS) is 11.9. The number of rotatable bonds is 4. The number of nitriles is 1. The van der Waals surface area contributed by atoms with Crippen molar-refractivity contribution >= 4 is 0 Å². The van der Waals surface area contributed by atoms with E-state index in [2.05, 4.69) is 16.2 Å². The van der Waals surface area contributed by atoms with E-state index in [4.69, 9.17) is 15.5 Å². The Kier molecular flexibility index (Phi) is 4.36. The van der Waals surface area contributed by atoms with Crippen molar-refractivity contribution < 1.29 is 8.91 Å². The maximum Gasteiger partial charge on any atom is 0.244 e. The van der Waals surface area contributed by atoms with Gasteiger partial charge in [0.25, 0.3) is 0 Å². The second-order valence-electron chi connectivity index (χ2n) is 5.54. The standard InChI is InChI=1S/C18H15FN4O/c1-11-5-6-14(19)9-15(11)17-22-18(24-23-17)16(21)8-12-3-2-4-13(7-12)10-20/h2-7,9,16H,8,21H2,1H3. The number of aromatic nitrogens is 2. The van der Waals surface area contributed by atoms with Crippen LogP contribution in [0.2, 0.25) is 0 Å². The summed E-state index contributed by atoms with van der Waals surface area (Å²) in [5, 5.41) is 12.8. The van der Waals surface area contributed by atoms with Crippen molar-refractivity contribution in [2.24, 2.45) is 5.73 Å². The maximum absolute atomic E-state index is 13.4. The summed E-state index contributed by atoms with van der Waals surface area (Å²) < 4.78 is 18.7. The van der Waals surface area contributed by atoms with Gasteiger partial charge in [-0.05, 0) is 48.7 Å². The van der Waals surface area contributed by atoms with E-state index in [9.17, 15) is 4.39 Å². The van der Waals surface area contributed by atoms with Crippen molar-refractivity contribution in [1.29, 1.82) is 5.26 Å². The molecule has 1 aromatic heterocycles. The Morgan fingerprint density at radius 1 is 1.29 bits per heavy atom. The molecule has 0 radical (unpaired) electrons. The highest BCUT2D eigenvalue weighted by Crippen LogP contribution is 2.23. The fourth-order valence-electron chi connectivity index (χ4n) is 2.44. The van der Waals surface area contributed by atoms with Crippen LogP contribution in [-0.4, -0.2) is 10.1 Å². The van der Waals surface area contributed by atoms with E-state index in [0.29, 0.717) is 23.4 Å². The third-order valence-electron chi connectivity index (χ3n) is 3.71. The van der Waals surface area contributed by atoms with Crippen LogP contribution < -0.4 is 5.73 Å². The third kappa shape index (κ3) is 3.31. The second kappa shape index (κ2) is 6.60. The fraction of sp³-hybridized carbons (Fsp3) is 0.167. The predicted octanol–water partition coefficient (Wildman–Crippen LogP) is 3.30. The predicted molar refractivity (Wildman–Crippen MR) is 86.2 cm³/mol. The van der Waals surface area contributed by atoms with Gasteiger partial charge in [-0.1, -0.05) is 23.4 Å². The number of nitrogens with zero attached hydrogens (tertiary/aromatic N) is 3. The van der Waals surface area contributed by atoms with Crippen LogP contribution >= 0.6 is 0 Å². The molecule has 0 saturated carbocycles. The third-order valence-corrected chi connectivity index (χ3v) is 3.71. The van der Waals surface area contributed by atoms with E-state index in [1.54, 1.807) is 24.3 Å². The van der Waals surface area contributed by atoms with E-state index in [1.807, 2.05) is 13.0 Å². The molecule has 0 fully saturated rings. The summed E-state index contributed by atoms with van der Waals surface area (Å²) in [5.74, 6) is 0.221. The van der Waals surface area contributed by atoms with Gasteiger partial charge in [0.2, 0.25) is 11.7 Å². The highest BCUT2D eigenvalue weighted by Gasteiger charge is 2.17. The Hall–Kier alpha value is -3.04. The van der Waals surface area contributed by atoms with Crippen molar-refractivity contribution in [1.82, 2.24) is 10.1 Å². The molecule has 2 N–H and O–H groups in total. The molecule has 1 unspecified atom stereocenters. The van der Waals surface area contributed by atoms with Gasteiger partial charge < -0.3 is 10.3 Å². The van der Waals surface area contributed by atoms with E-state index in [1.165, 1.54) is 12.1 Å². The molecule has 1 heterocycles. The Balaban J connectivity index is 1.82.